The number of hydrogen-bond donors (Lipinski definition) is 2. The van der Waals surface area contributed by atoms with Gasteiger partial charge in [0.05, 0.1) is 17.2 Å². The van der Waals surface area contributed by atoms with Crippen molar-refractivity contribution < 1.29 is 19.1 Å². The quantitative estimate of drug-likeness (QED) is 0.438. The van der Waals surface area contributed by atoms with E-state index < -0.39 is 5.60 Å². The monoisotopic (exact) mass is 480 g/mol. The molecule has 9 heteroatoms. The number of rotatable bonds is 4. The smallest absolute Gasteiger partial charge is 0.309 e. The van der Waals surface area contributed by atoms with Crippen LogP contribution in [0, 0.1) is 5.92 Å². The van der Waals surface area contributed by atoms with Crippen LogP contribution in [0.1, 0.15) is 54.3 Å². The van der Waals surface area contributed by atoms with Crippen molar-refractivity contribution >= 4 is 36.2 Å². The predicted molar refractivity (Wildman–Crippen MR) is 132 cm³/mol. The van der Waals surface area contributed by atoms with Gasteiger partial charge < -0.3 is 14.0 Å². The zero-order valence-electron chi connectivity index (χ0n) is 19.4. The molecule has 2 aromatic heterocycles. The normalized spacial score (nSPS) is 14.8. The van der Waals surface area contributed by atoms with E-state index in [0.29, 0.717) is 42.7 Å². The molecule has 1 aliphatic heterocycles. The lowest BCUT2D eigenvalue weighted by Crippen LogP contribution is -2.41. The van der Waals surface area contributed by atoms with Crippen LogP contribution in [0.5, 0.6) is 0 Å². The summed E-state index contributed by atoms with van der Waals surface area (Å²) in [5.74, 6) is -0.705. The summed E-state index contributed by atoms with van der Waals surface area (Å²) in [7, 11) is 0. The van der Waals surface area contributed by atoms with Crippen LogP contribution in [0.15, 0.2) is 48.8 Å². The van der Waals surface area contributed by atoms with E-state index >= 15 is 0 Å². The molecule has 1 saturated heterocycles. The molecule has 1 aromatic carbocycles. The van der Waals surface area contributed by atoms with Crippen LogP contribution in [0.25, 0.3) is 16.9 Å². The van der Waals surface area contributed by atoms with Crippen molar-refractivity contribution in [1.82, 2.24) is 19.0 Å². The minimum atomic E-state index is -0.508. The van der Waals surface area contributed by atoms with Crippen molar-refractivity contribution in [2.75, 3.05) is 13.1 Å². The first-order chi connectivity index (χ1) is 16.1. The molecule has 0 aliphatic carbocycles. The second kappa shape index (κ2) is 9.50. The summed E-state index contributed by atoms with van der Waals surface area (Å²) >= 11 is 3.78. The summed E-state index contributed by atoms with van der Waals surface area (Å²) in [6.45, 7) is 6.61. The second-order valence-corrected chi connectivity index (χ2v) is 9.65. The fourth-order valence-corrected chi connectivity index (χ4v) is 4.13. The number of pyridine rings is 1. The van der Waals surface area contributed by atoms with E-state index in [1.165, 1.54) is 0 Å². The summed E-state index contributed by atoms with van der Waals surface area (Å²) < 4.78 is 9.62. The standard InChI is InChI=1S/C25H28N4O4S/c1-25(2,3)33-24(32)18-10-12-28(13-11-18)23(31)19-8-9-21-26-20(15-29(21)14-19)16-4-6-17(7-5-16)22(30)27-34/h4-9,14-15,18,34H,10-13H2,1-3H3,(H,27,30). The van der Waals surface area contributed by atoms with E-state index in [1.807, 2.05) is 49.6 Å². The Labute approximate surface area is 203 Å². The van der Waals surface area contributed by atoms with Gasteiger partial charge in [0.15, 0.2) is 0 Å². The lowest BCUT2D eigenvalue weighted by Gasteiger charge is -2.32. The zero-order chi connectivity index (χ0) is 24.5. The van der Waals surface area contributed by atoms with Crippen molar-refractivity contribution in [3.8, 4) is 11.3 Å². The third-order valence-corrected chi connectivity index (χ3v) is 5.97. The number of benzene rings is 1. The van der Waals surface area contributed by atoms with Gasteiger partial charge in [-0.3, -0.25) is 19.1 Å². The van der Waals surface area contributed by atoms with E-state index in [0.717, 1.165) is 11.3 Å². The molecule has 1 aliphatic rings. The topological polar surface area (TPSA) is 93.0 Å². The fraction of sp³-hybridized carbons (Fsp3) is 0.360. The third kappa shape index (κ3) is 5.25. The van der Waals surface area contributed by atoms with Crippen molar-refractivity contribution in [3.05, 3.63) is 59.9 Å². The number of piperidine rings is 1. The predicted octanol–water partition coefficient (Wildman–Crippen LogP) is 3.77. The van der Waals surface area contributed by atoms with Gasteiger partial charge in [-0.15, -0.1) is 0 Å². The number of carbonyl (C=O) groups excluding carboxylic acids is 3. The Morgan fingerprint density at radius 3 is 2.26 bits per heavy atom. The Balaban J connectivity index is 1.44. The van der Waals surface area contributed by atoms with Crippen LogP contribution in [-0.4, -0.2) is 50.8 Å². The molecule has 0 saturated carbocycles. The molecule has 8 nitrogen and oxygen atoms in total. The van der Waals surface area contributed by atoms with Gasteiger partial charge in [0.25, 0.3) is 11.8 Å². The maximum atomic E-state index is 13.1. The molecule has 2 amide bonds. The number of fused-ring (bicyclic) bond motifs is 1. The van der Waals surface area contributed by atoms with Crippen molar-refractivity contribution in [3.63, 3.8) is 0 Å². The summed E-state index contributed by atoms with van der Waals surface area (Å²) in [5.41, 5.74) is 2.87. The number of thiol groups is 1. The van der Waals surface area contributed by atoms with E-state index in [4.69, 9.17) is 4.74 Å². The van der Waals surface area contributed by atoms with Gasteiger partial charge in [0.2, 0.25) is 0 Å². The lowest BCUT2D eigenvalue weighted by molar-refractivity contribution is -0.161. The van der Waals surface area contributed by atoms with Crippen molar-refractivity contribution in [1.29, 1.82) is 0 Å². The van der Waals surface area contributed by atoms with Gasteiger partial charge in [-0.2, -0.15) is 0 Å². The molecule has 0 atom stereocenters. The van der Waals surface area contributed by atoms with Crippen LogP contribution >= 0.6 is 12.8 Å². The number of amides is 2. The highest BCUT2D eigenvalue weighted by atomic mass is 32.1. The van der Waals surface area contributed by atoms with Gasteiger partial charge in [-0.05, 0) is 57.9 Å². The van der Waals surface area contributed by atoms with E-state index in [-0.39, 0.29) is 23.7 Å². The van der Waals surface area contributed by atoms with E-state index in [2.05, 4.69) is 22.5 Å². The van der Waals surface area contributed by atoms with E-state index in [1.54, 1.807) is 29.3 Å². The molecular weight excluding hydrogens is 452 g/mol. The largest absolute Gasteiger partial charge is 0.460 e. The lowest BCUT2D eigenvalue weighted by atomic mass is 9.96. The van der Waals surface area contributed by atoms with Gasteiger partial charge >= 0.3 is 5.97 Å². The number of aromatic nitrogens is 2. The minimum absolute atomic E-state index is 0.0677. The van der Waals surface area contributed by atoms with Crippen molar-refractivity contribution in [2.24, 2.45) is 5.92 Å². The highest BCUT2D eigenvalue weighted by Gasteiger charge is 2.31. The number of carbonyl (C=O) groups is 3. The van der Waals surface area contributed by atoms with Crippen LogP contribution in [0.3, 0.4) is 0 Å². The summed E-state index contributed by atoms with van der Waals surface area (Å²) in [5, 5.41) is 0. The number of ether oxygens (including phenoxy) is 1. The summed E-state index contributed by atoms with van der Waals surface area (Å²) in [6, 6.07) is 10.6. The maximum absolute atomic E-state index is 13.1. The molecule has 178 valence electrons. The van der Waals surface area contributed by atoms with Crippen LogP contribution in [-0.2, 0) is 9.53 Å². The molecular formula is C25H28N4O4S. The Kier molecular flexibility index (Phi) is 6.65. The first-order valence-electron chi connectivity index (χ1n) is 11.2. The first-order valence-corrected chi connectivity index (χ1v) is 11.6. The Bertz CT molecular complexity index is 1220. The maximum Gasteiger partial charge on any atom is 0.309 e. The fourth-order valence-electron chi connectivity index (χ4n) is 4.00. The SMILES string of the molecule is CC(C)(C)OC(=O)C1CCN(C(=O)c2ccc3nc(-c4ccc(C(=O)NS)cc4)cn3c2)CC1. The highest BCUT2D eigenvalue weighted by Crippen LogP contribution is 2.24. The third-order valence-electron chi connectivity index (χ3n) is 5.76. The van der Waals surface area contributed by atoms with Gasteiger partial charge in [-0.1, -0.05) is 24.9 Å². The molecule has 1 fully saturated rings. The van der Waals surface area contributed by atoms with Gasteiger partial charge in [0, 0.05) is 36.6 Å². The van der Waals surface area contributed by atoms with E-state index in [9.17, 15) is 14.4 Å². The minimum Gasteiger partial charge on any atom is -0.460 e. The summed E-state index contributed by atoms with van der Waals surface area (Å²) in [6.07, 6.45) is 4.82. The highest BCUT2D eigenvalue weighted by molar-refractivity contribution is 7.78. The van der Waals surface area contributed by atoms with Gasteiger partial charge in [0.1, 0.15) is 11.2 Å². The van der Waals surface area contributed by atoms with Crippen LogP contribution < -0.4 is 4.72 Å². The first kappa shape index (κ1) is 23.8. The average Bonchev–Trinajstić information content (AvgIpc) is 3.25. The second-order valence-electron chi connectivity index (χ2n) is 9.43. The van der Waals surface area contributed by atoms with Crippen LogP contribution in [0.4, 0.5) is 0 Å². The molecule has 3 heterocycles. The number of esters is 1. The van der Waals surface area contributed by atoms with Gasteiger partial charge in [-0.25, -0.2) is 4.98 Å². The molecule has 0 unspecified atom stereocenters. The summed E-state index contributed by atoms with van der Waals surface area (Å²) in [4.78, 5) is 43.5. The molecule has 0 radical (unpaired) electrons. The Hall–Kier alpha value is -3.33. The molecule has 3 aromatic rings. The number of nitrogens with one attached hydrogen (secondary N) is 1. The number of nitrogens with zero attached hydrogens (tertiary/aromatic N) is 3. The number of imidazole rings is 1. The Morgan fingerprint density at radius 2 is 1.65 bits per heavy atom. The molecule has 4 rings (SSSR count). The molecule has 0 bridgehead atoms. The molecule has 34 heavy (non-hydrogen) atoms. The average molecular weight is 481 g/mol. The molecule has 0 spiro atoms. The zero-order valence-corrected chi connectivity index (χ0v) is 20.3. The van der Waals surface area contributed by atoms with Crippen molar-refractivity contribution in [2.45, 2.75) is 39.2 Å². The van der Waals surface area contributed by atoms with Crippen LogP contribution in [0.2, 0.25) is 0 Å². The Morgan fingerprint density at radius 1 is 1.00 bits per heavy atom. The number of likely N-dealkylation sites (tertiary alicyclic amines) is 1. The number of hydrogen-bond acceptors (Lipinski definition) is 6. The molecule has 1 N–H and O–H groups in total.